The van der Waals surface area contributed by atoms with Gasteiger partial charge in [0, 0.05) is 12.0 Å². The molecule has 1 unspecified atom stereocenters. The number of amides is 1. The van der Waals surface area contributed by atoms with Crippen molar-refractivity contribution in [3.63, 3.8) is 0 Å². The number of hydrogen-bond donors (Lipinski definition) is 3. The van der Waals surface area contributed by atoms with Crippen LogP contribution >= 0.6 is 0 Å². The molecular formula is C15H21F2N3O3S. The third-order valence-electron chi connectivity index (χ3n) is 3.99. The monoisotopic (exact) mass is 361 g/mol. The van der Waals surface area contributed by atoms with Crippen molar-refractivity contribution in [2.24, 2.45) is 11.8 Å². The van der Waals surface area contributed by atoms with Gasteiger partial charge in [0.05, 0.1) is 17.1 Å². The van der Waals surface area contributed by atoms with E-state index in [0.717, 1.165) is 6.07 Å². The molecule has 0 aliphatic carbocycles. The normalized spacial score (nSPS) is 16.3. The minimum atomic E-state index is -3.72. The molecule has 1 heterocycles. The highest BCUT2D eigenvalue weighted by molar-refractivity contribution is 7.92. The third-order valence-corrected chi connectivity index (χ3v) is 5.46. The summed E-state index contributed by atoms with van der Waals surface area (Å²) >= 11 is 0. The predicted octanol–water partition coefficient (Wildman–Crippen LogP) is 1.91. The summed E-state index contributed by atoms with van der Waals surface area (Å²) in [6, 6.07) is 1.51. The molecule has 0 radical (unpaired) electrons. The average molecular weight is 361 g/mol. The van der Waals surface area contributed by atoms with E-state index in [4.69, 9.17) is 0 Å². The van der Waals surface area contributed by atoms with Gasteiger partial charge in [-0.3, -0.25) is 9.52 Å². The second-order valence-electron chi connectivity index (χ2n) is 5.93. The molecule has 1 aliphatic heterocycles. The van der Waals surface area contributed by atoms with Crippen molar-refractivity contribution in [1.29, 1.82) is 0 Å². The van der Waals surface area contributed by atoms with Crippen molar-refractivity contribution in [2.75, 3.05) is 28.9 Å². The van der Waals surface area contributed by atoms with Gasteiger partial charge in [0.1, 0.15) is 11.6 Å². The van der Waals surface area contributed by atoms with Gasteiger partial charge < -0.3 is 10.6 Å². The Labute approximate surface area is 140 Å². The van der Waals surface area contributed by atoms with Crippen LogP contribution in [0.5, 0.6) is 0 Å². The molecule has 1 aromatic carbocycles. The van der Waals surface area contributed by atoms with Crippen molar-refractivity contribution in [3.05, 3.63) is 23.8 Å². The second kappa shape index (κ2) is 7.43. The molecule has 134 valence electrons. The Morgan fingerprint density at radius 2 is 1.92 bits per heavy atom. The number of hydrogen-bond acceptors (Lipinski definition) is 4. The summed E-state index contributed by atoms with van der Waals surface area (Å²) in [6.07, 6.45) is 0.356. The molecule has 24 heavy (non-hydrogen) atoms. The molecule has 1 fully saturated rings. The number of carbonyl (C=O) groups is 1. The van der Waals surface area contributed by atoms with Crippen LogP contribution in [0.25, 0.3) is 0 Å². The van der Waals surface area contributed by atoms with Crippen LogP contribution in [0.15, 0.2) is 12.1 Å². The zero-order valence-electron chi connectivity index (χ0n) is 13.5. The SMILES string of the molecule is CCCS(=O)(=O)Nc1cc(NC(=O)C(C)C2CNC2)c(F)cc1F. The molecule has 1 aromatic rings. The van der Waals surface area contributed by atoms with Gasteiger partial charge in [-0.05, 0) is 31.5 Å². The maximum atomic E-state index is 13.9. The van der Waals surface area contributed by atoms with E-state index in [9.17, 15) is 22.0 Å². The van der Waals surface area contributed by atoms with E-state index < -0.39 is 33.3 Å². The van der Waals surface area contributed by atoms with Crippen LogP contribution < -0.4 is 15.4 Å². The van der Waals surface area contributed by atoms with Crippen molar-refractivity contribution in [1.82, 2.24) is 5.32 Å². The maximum Gasteiger partial charge on any atom is 0.232 e. The first-order valence-corrected chi connectivity index (χ1v) is 9.40. The number of anilines is 2. The van der Waals surface area contributed by atoms with Crippen molar-refractivity contribution >= 4 is 27.3 Å². The number of carbonyl (C=O) groups excluding carboxylic acids is 1. The van der Waals surface area contributed by atoms with Gasteiger partial charge in [0.25, 0.3) is 0 Å². The Hall–Kier alpha value is -1.74. The quantitative estimate of drug-likeness (QED) is 0.692. The summed E-state index contributed by atoms with van der Waals surface area (Å²) in [6.45, 7) is 4.82. The Morgan fingerprint density at radius 3 is 2.46 bits per heavy atom. The largest absolute Gasteiger partial charge is 0.323 e. The van der Waals surface area contributed by atoms with Crippen molar-refractivity contribution < 1.29 is 22.0 Å². The van der Waals surface area contributed by atoms with E-state index in [1.165, 1.54) is 0 Å². The highest BCUT2D eigenvalue weighted by atomic mass is 32.2. The second-order valence-corrected chi connectivity index (χ2v) is 7.77. The first-order valence-electron chi connectivity index (χ1n) is 7.74. The molecule has 1 aliphatic rings. The minimum absolute atomic E-state index is 0.163. The van der Waals surface area contributed by atoms with Crippen LogP contribution in [0.2, 0.25) is 0 Å². The summed E-state index contributed by atoms with van der Waals surface area (Å²) in [4.78, 5) is 12.1. The van der Waals surface area contributed by atoms with Gasteiger partial charge in [0.15, 0.2) is 0 Å². The van der Waals surface area contributed by atoms with Crippen LogP contribution in [-0.2, 0) is 14.8 Å². The summed E-state index contributed by atoms with van der Waals surface area (Å²) in [5, 5.41) is 5.45. The molecule has 0 aromatic heterocycles. The Kier molecular flexibility index (Phi) is 5.76. The standard InChI is InChI=1S/C15H21F2N3O3S/c1-3-4-24(22,23)20-14-6-13(11(16)5-12(14)17)19-15(21)9(2)10-7-18-8-10/h5-6,9-10,18,20H,3-4,7-8H2,1-2H3,(H,19,21). The number of nitrogens with one attached hydrogen (secondary N) is 3. The highest BCUT2D eigenvalue weighted by Crippen LogP contribution is 2.26. The summed E-state index contributed by atoms with van der Waals surface area (Å²) in [5.41, 5.74) is -0.646. The van der Waals surface area contributed by atoms with E-state index in [1.54, 1.807) is 13.8 Å². The molecule has 2 rings (SSSR count). The van der Waals surface area contributed by atoms with Crippen LogP contribution in [0.4, 0.5) is 20.2 Å². The van der Waals surface area contributed by atoms with E-state index in [1.807, 2.05) is 0 Å². The molecule has 0 saturated carbocycles. The van der Waals surface area contributed by atoms with Crippen LogP contribution in [-0.4, -0.2) is 33.2 Å². The fourth-order valence-corrected chi connectivity index (χ4v) is 3.47. The predicted molar refractivity (Wildman–Crippen MR) is 88.2 cm³/mol. The molecule has 0 spiro atoms. The fraction of sp³-hybridized carbons (Fsp3) is 0.533. The molecule has 1 atom stereocenters. The van der Waals surface area contributed by atoms with Gasteiger partial charge in [-0.25, -0.2) is 17.2 Å². The van der Waals surface area contributed by atoms with Gasteiger partial charge in [-0.1, -0.05) is 13.8 Å². The lowest BCUT2D eigenvalue weighted by molar-refractivity contribution is -0.121. The van der Waals surface area contributed by atoms with Gasteiger partial charge in [0.2, 0.25) is 15.9 Å². The highest BCUT2D eigenvalue weighted by Gasteiger charge is 2.29. The van der Waals surface area contributed by atoms with E-state index in [0.29, 0.717) is 25.6 Å². The molecule has 1 amide bonds. The van der Waals surface area contributed by atoms with E-state index in [-0.39, 0.29) is 23.3 Å². The van der Waals surface area contributed by atoms with E-state index >= 15 is 0 Å². The first kappa shape index (κ1) is 18.6. The van der Waals surface area contributed by atoms with Crippen LogP contribution in [0, 0.1) is 23.5 Å². The lowest BCUT2D eigenvalue weighted by atomic mass is 9.88. The lowest BCUT2D eigenvalue weighted by Gasteiger charge is -2.31. The smallest absolute Gasteiger partial charge is 0.232 e. The molecule has 6 nitrogen and oxygen atoms in total. The average Bonchev–Trinajstić information content (AvgIpc) is 2.41. The summed E-state index contributed by atoms with van der Waals surface area (Å²) < 4.78 is 53.3. The number of rotatable bonds is 7. The summed E-state index contributed by atoms with van der Waals surface area (Å²) in [7, 11) is -3.72. The third kappa shape index (κ3) is 4.41. The maximum absolute atomic E-state index is 13.9. The first-order chi connectivity index (χ1) is 11.2. The molecule has 0 bridgehead atoms. The van der Waals surface area contributed by atoms with Crippen LogP contribution in [0.1, 0.15) is 20.3 Å². The number of halogens is 2. The van der Waals surface area contributed by atoms with Gasteiger partial charge in [-0.2, -0.15) is 0 Å². The van der Waals surface area contributed by atoms with Gasteiger partial charge >= 0.3 is 0 Å². The topological polar surface area (TPSA) is 87.3 Å². The molecule has 9 heteroatoms. The van der Waals surface area contributed by atoms with Gasteiger partial charge in [-0.15, -0.1) is 0 Å². The minimum Gasteiger partial charge on any atom is -0.323 e. The van der Waals surface area contributed by atoms with Crippen molar-refractivity contribution in [3.8, 4) is 0 Å². The van der Waals surface area contributed by atoms with E-state index in [2.05, 4.69) is 15.4 Å². The number of benzene rings is 1. The Balaban J connectivity index is 2.18. The fourth-order valence-electron chi connectivity index (χ4n) is 2.34. The lowest BCUT2D eigenvalue weighted by Crippen LogP contribution is -2.48. The Morgan fingerprint density at radius 1 is 1.29 bits per heavy atom. The zero-order valence-corrected chi connectivity index (χ0v) is 14.3. The molecule has 3 N–H and O–H groups in total. The van der Waals surface area contributed by atoms with Crippen LogP contribution in [0.3, 0.4) is 0 Å². The molecule has 1 saturated heterocycles. The van der Waals surface area contributed by atoms with Crippen molar-refractivity contribution in [2.45, 2.75) is 20.3 Å². The zero-order chi connectivity index (χ0) is 17.9. The number of sulfonamides is 1. The Bertz CT molecular complexity index is 721. The summed E-state index contributed by atoms with van der Waals surface area (Å²) in [5.74, 6) is -2.75. The molecular weight excluding hydrogens is 340 g/mol.